The predicted octanol–water partition coefficient (Wildman–Crippen LogP) is 2.53. The van der Waals surface area contributed by atoms with Crippen LogP contribution in [0.2, 0.25) is 0 Å². The van der Waals surface area contributed by atoms with Gasteiger partial charge in [-0.05, 0) is 25.0 Å². The second kappa shape index (κ2) is 6.48. The minimum atomic E-state index is -0.498. The van der Waals surface area contributed by atoms with Crippen molar-refractivity contribution in [1.82, 2.24) is 9.97 Å². The summed E-state index contributed by atoms with van der Waals surface area (Å²) < 4.78 is 24.0. The molecule has 7 heteroatoms. The van der Waals surface area contributed by atoms with E-state index in [-0.39, 0.29) is 17.7 Å². The van der Waals surface area contributed by atoms with Crippen molar-refractivity contribution < 1.29 is 18.7 Å². The van der Waals surface area contributed by atoms with E-state index < -0.39 is 11.9 Å². The standard InChI is InChI=1S/C15H14FN3O3/c16-11-4-1-2-5-12(11)22-15-17-8-10(9-18-15)19-14(20)13-6-3-7-21-13/h1-2,4-5,8-9,13H,3,6-7H2,(H,19,20). The molecule has 22 heavy (non-hydrogen) atoms. The zero-order chi connectivity index (χ0) is 15.4. The summed E-state index contributed by atoms with van der Waals surface area (Å²) in [6.07, 6.45) is 3.96. The van der Waals surface area contributed by atoms with Crippen molar-refractivity contribution in [2.45, 2.75) is 18.9 Å². The summed E-state index contributed by atoms with van der Waals surface area (Å²) in [5, 5.41) is 2.67. The number of nitrogens with one attached hydrogen (secondary N) is 1. The van der Waals surface area contributed by atoms with E-state index in [2.05, 4.69) is 15.3 Å². The molecule has 1 aliphatic heterocycles. The zero-order valence-corrected chi connectivity index (χ0v) is 11.7. The van der Waals surface area contributed by atoms with Crippen LogP contribution >= 0.6 is 0 Å². The van der Waals surface area contributed by atoms with Crippen LogP contribution in [0.1, 0.15) is 12.8 Å². The molecule has 1 atom stereocenters. The largest absolute Gasteiger partial charge is 0.421 e. The molecule has 114 valence electrons. The molecule has 1 saturated heterocycles. The molecule has 2 heterocycles. The molecule has 1 aliphatic rings. The second-order valence-corrected chi connectivity index (χ2v) is 4.78. The molecule has 0 saturated carbocycles. The van der Waals surface area contributed by atoms with Gasteiger partial charge in [0.25, 0.3) is 5.91 Å². The lowest BCUT2D eigenvalue weighted by molar-refractivity contribution is -0.124. The molecule has 6 nitrogen and oxygen atoms in total. The normalized spacial score (nSPS) is 17.2. The molecule has 1 aromatic carbocycles. The number of benzene rings is 1. The maximum atomic E-state index is 13.4. The SMILES string of the molecule is O=C(Nc1cnc(Oc2ccccc2F)nc1)C1CCCO1. The number of para-hydroxylation sites is 1. The lowest BCUT2D eigenvalue weighted by Gasteiger charge is -2.10. The van der Waals surface area contributed by atoms with Gasteiger partial charge in [-0.3, -0.25) is 4.79 Å². The zero-order valence-electron chi connectivity index (χ0n) is 11.7. The lowest BCUT2D eigenvalue weighted by atomic mass is 10.2. The van der Waals surface area contributed by atoms with Crippen LogP contribution in [0.25, 0.3) is 0 Å². The van der Waals surface area contributed by atoms with Gasteiger partial charge in [0, 0.05) is 6.61 Å². The number of nitrogens with zero attached hydrogens (tertiary/aromatic N) is 2. The lowest BCUT2D eigenvalue weighted by Crippen LogP contribution is -2.26. The number of amides is 1. The maximum Gasteiger partial charge on any atom is 0.322 e. The highest BCUT2D eigenvalue weighted by Gasteiger charge is 2.23. The molecule has 1 N–H and O–H groups in total. The van der Waals surface area contributed by atoms with E-state index in [1.165, 1.54) is 24.5 Å². The fourth-order valence-electron chi connectivity index (χ4n) is 2.07. The van der Waals surface area contributed by atoms with Crippen molar-refractivity contribution >= 4 is 11.6 Å². The quantitative estimate of drug-likeness (QED) is 0.939. The van der Waals surface area contributed by atoms with Gasteiger partial charge in [0.2, 0.25) is 0 Å². The Bertz CT molecular complexity index is 657. The van der Waals surface area contributed by atoms with E-state index in [0.717, 1.165) is 6.42 Å². The first kappa shape index (κ1) is 14.4. The topological polar surface area (TPSA) is 73.3 Å². The highest BCUT2D eigenvalue weighted by atomic mass is 19.1. The third-order valence-corrected chi connectivity index (χ3v) is 3.16. The number of aromatic nitrogens is 2. The van der Waals surface area contributed by atoms with Crippen molar-refractivity contribution in [3.63, 3.8) is 0 Å². The van der Waals surface area contributed by atoms with E-state index >= 15 is 0 Å². The van der Waals surface area contributed by atoms with Gasteiger partial charge in [0.05, 0.1) is 18.1 Å². The molecule has 1 aromatic heterocycles. The number of hydrogen-bond donors (Lipinski definition) is 1. The van der Waals surface area contributed by atoms with Crippen LogP contribution in [-0.2, 0) is 9.53 Å². The third kappa shape index (κ3) is 3.37. The summed E-state index contributed by atoms with van der Waals surface area (Å²) in [6, 6.07) is 5.97. The van der Waals surface area contributed by atoms with Gasteiger partial charge in [-0.1, -0.05) is 12.1 Å². The fraction of sp³-hybridized carbons (Fsp3) is 0.267. The Labute approximate surface area is 126 Å². The Kier molecular flexibility index (Phi) is 4.24. The van der Waals surface area contributed by atoms with Gasteiger partial charge in [0.15, 0.2) is 11.6 Å². The smallest absolute Gasteiger partial charge is 0.322 e. The fourth-order valence-corrected chi connectivity index (χ4v) is 2.07. The third-order valence-electron chi connectivity index (χ3n) is 3.16. The number of anilines is 1. The number of halogens is 1. The minimum absolute atomic E-state index is 0.000199. The summed E-state index contributed by atoms with van der Waals surface area (Å²) in [5.74, 6) is -0.677. The molecule has 0 spiro atoms. The molecule has 0 aliphatic carbocycles. The van der Waals surface area contributed by atoms with Gasteiger partial charge in [-0.2, -0.15) is 0 Å². The molecule has 2 aromatic rings. The Morgan fingerprint density at radius 2 is 2.09 bits per heavy atom. The Balaban J connectivity index is 1.63. The minimum Gasteiger partial charge on any atom is -0.421 e. The van der Waals surface area contributed by atoms with Gasteiger partial charge in [0.1, 0.15) is 6.10 Å². The monoisotopic (exact) mass is 303 g/mol. The summed E-state index contributed by atoms with van der Waals surface area (Å²) >= 11 is 0. The molecule has 1 amide bonds. The summed E-state index contributed by atoms with van der Waals surface area (Å²) in [6.45, 7) is 0.601. The van der Waals surface area contributed by atoms with Gasteiger partial charge in [-0.25, -0.2) is 14.4 Å². The highest BCUT2D eigenvalue weighted by Crippen LogP contribution is 2.21. The maximum absolute atomic E-state index is 13.4. The van der Waals surface area contributed by atoms with Crippen molar-refractivity contribution in [3.05, 3.63) is 42.5 Å². The second-order valence-electron chi connectivity index (χ2n) is 4.78. The van der Waals surface area contributed by atoms with Crippen LogP contribution in [-0.4, -0.2) is 28.6 Å². The van der Waals surface area contributed by atoms with E-state index in [1.807, 2.05) is 0 Å². The molecule has 0 bridgehead atoms. The van der Waals surface area contributed by atoms with Gasteiger partial charge < -0.3 is 14.8 Å². The summed E-state index contributed by atoms with van der Waals surface area (Å²) in [4.78, 5) is 19.7. The van der Waals surface area contributed by atoms with Gasteiger partial charge >= 0.3 is 6.01 Å². The molecule has 0 radical (unpaired) electrons. The van der Waals surface area contributed by atoms with Crippen LogP contribution in [0.4, 0.5) is 10.1 Å². The van der Waals surface area contributed by atoms with Crippen molar-refractivity contribution in [2.75, 3.05) is 11.9 Å². The number of hydrogen-bond acceptors (Lipinski definition) is 5. The number of carbonyl (C=O) groups excluding carboxylic acids is 1. The van der Waals surface area contributed by atoms with Crippen molar-refractivity contribution in [1.29, 1.82) is 0 Å². The van der Waals surface area contributed by atoms with E-state index in [1.54, 1.807) is 12.1 Å². The van der Waals surface area contributed by atoms with Crippen LogP contribution in [0, 0.1) is 5.82 Å². The Morgan fingerprint density at radius 1 is 1.32 bits per heavy atom. The first-order valence-corrected chi connectivity index (χ1v) is 6.89. The Hall–Kier alpha value is -2.54. The predicted molar refractivity (Wildman–Crippen MR) is 76.1 cm³/mol. The van der Waals surface area contributed by atoms with Crippen molar-refractivity contribution in [2.24, 2.45) is 0 Å². The summed E-state index contributed by atoms with van der Waals surface area (Å²) in [7, 11) is 0. The first-order chi connectivity index (χ1) is 10.7. The molecular weight excluding hydrogens is 289 g/mol. The van der Waals surface area contributed by atoms with Crippen LogP contribution < -0.4 is 10.1 Å². The number of rotatable bonds is 4. The molecule has 1 fully saturated rings. The van der Waals surface area contributed by atoms with Crippen LogP contribution in [0.15, 0.2) is 36.7 Å². The average Bonchev–Trinajstić information content (AvgIpc) is 3.06. The average molecular weight is 303 g/mol. The van der Waals surface area contributed by atoms with E-state index in [9.17, 15) is 9.18 Å². The van der Waals surface area contributed by atoms with Gasteiger partial charge in [-0.15, -0.1) is 0 Å². The number of carbonyl (C=O) groups is 1. The molecular formula is C15H14FN3O3. The molecule has 1 unspecified atom stereocenters. The first-order valence-electron chi connectivity index (χ1n) is 6.89. The Morgan fingerprint density at radius 3 is 2.77 bits per heavy atom. The highest BCUT2D eigenvalue weighted by molar-refractivity contribution is 5.94. The van der Waals surface area contributed by atoms with E-state index in [4.69, 9.17) is 9.47 Å². The van der Waals surface area contributed by atoms with Crippen LogP contribution in [0.5, 0.6) is 11.8 Å². The number of ether oxygens (including phenoxy) is 2. The molecule has 3 rings (SSSR count). The van der Waals surface area contributed by atoms with Crippen molar-refractivity contribution in [3.8, 4) is 11.8 Å². The van der Waals surface area contributed by atoms with Crippen LogP contribution in [0.3, 0.4) is 0 Å². The summed E-state index contributed by atoms with van der Waals surface area (Å²) in [5.41, 5.74) is 0.432. The van der Waals surface area contributed by atoms with E-state index in [0.29, 0.717) is 18.7 Å².